The van der Waals surface area contributed by atoms with E-state index >= 15 is 0 Å². The molecule has 0 aromatic rings. The van der Waals surface area contributed by atoms with Crippen molar-refractivity contribution in [3.63, 3.8) is 0 Å². The first kappa shape index (κ1) is 12.8. The second-order valence-electron chi connectivity index (χ2n) is 8.26. The zero-order valence-electron chi connectivity index (χ0n) is 12.2. The van der Waals surface area contributed by atoms with Gasteiger partial charge in [0.25, 0.3) is 0 Å². The molecule has 4 fully saturated rings. The second-order valence-corrected chi connectivity index (χ2v) is 24.1. The fraction of sp³-hybridized carbons (Fsp3) is 1.00. The summed E-state index contributed by atoms with van der Waals surface area (Å²) in [4.78, 5) is 8.02. The number of rotatable bonds is 2. The van der Waals surface area contributed by atoms with E-state index in [1.54, 1.807) is 6.42 Å². The molecule has 4 aliphatic rings. The van der Waals surface area contributed by atoms with Gasteiger partial charge in [-0.1, -0.05) is 0 Å². The predicted molar refractivity (Wildman–Crippen MR) is 75.0 cm³/mol. The summed E-state index contributed by atoms with van der Waals surface area (Å²) in [6, 6.07) is 0. The molecule has 2 atom stereocenters. The van der Waals surface area contributed by atoms with Gasteiger partial charge >= 0.3 is 111 Å². The topological polar surface area (TPSA) is 9.23 Å². The van der Waals surface area contributed by atoms with Gasteiger partial charge in [0.15, 0.2) is 0 Å². The first-order chi connectivity index (χ1) is 7.81. The average molecular weight is 343 g/mol. The van der Waals surface area contributed by atoms with Crippen LogP contribution in [0.15, 0.2) is 0 Å². The molecular formula is C15H28OSn. The summed E-state index contributed by atoms with van der Waals surface area (Å²) >= 11 is -1.81. The second kappa shape index (κ2) is 3.65. The summed E-state index contributed by atoms with van der Waals surface area (Å²) in [7, 11) is 1.95. The van der Waals surface area contributed by atoms with Crippen LogP contribution in [0.1, 0.15) is 39.0 Å². The first-order valence-electron chi connectivity index (χ1n) is 7.36. The van der Waals surface area contributed by atoms with Crippen LogP contribution in [0, 0.1) is 17.8 Å². The van der Waals surface area contributed by atoms with Crippen LogP contribution < -0.4 is 0 Å². The molecule has 2 unspecified atom stereocenters. The molecule has 1 nitrogen and oxygen atoms in total. The van der Waals surface area contributed by atoms with Crippen LogP contribution in [0.4, 0.5) is 0 Å². The zero-order valence-corrected chi connectivity index (χ0v) is 15.0. The minimum atomic E-state index is -1.81. The predicted octanol–water partition coefficient (Wildman–Crippen LogP) is 4.31. The van der Waals surface area contributed by atoms with E-state index in [-0.39, 0.29) is 5.60 Å². The van der Waals surface area contributed by atoms with Crippen LogP contribution >= 0.6 is 0 Å². The summed E-state index contributed by atoms with van der Waals surface area (Å²) in [5.41, 5.74) is 0.220. The molecule has 4 saturated carbocycles. The third kappa shape index (κ3) is 1.60. The van der Waals surface area contributed by atoms with Gasteiger partial charge in [0.05, 0.1) is 0 Å². The molecule has 0 aromatic carbocycles. The number of ether oxygens (including phenoxy) is 1. The van der Waals surface area contributed by atoms with Crippen LogP contribution in [0.2, 0.25) is 18.2 Å². The molecule has 17 heavy (non-hydrogen) atoms. The van der Waals surface area contributed by atoms with Crippen LogP contribution in [0.3, 0.4) is 0 Å². The zero-order chi connectivity index (χ0) is 12.5. The van der Waals surface area contributed by atoms with Crippen LogP contribution in [0.25, 0.3) is 0 Å². The van der Waals surface area contributed by atoms with E-state index in [2.05, 4.69) is 21.7 Å². The van der Waals surface area contributed by atoms with E-state index in [1.165, 1.54) is 25.7 Å². The molecule has 0 radical (unpaired) electrons. The quantitative estimate of drug-likeness (QED) is 0.679. The van der Waals surface area contributed by atoms with Gasteiger partial charge in [-0.2, -0.15) is 0 Å². The van der Waals surface area contributed by atoms with E-state index in [1.807, 2.05) is 7.11 Å². The van der Waals surface area contributed by atoms with Crippen LogP contribution in [0.5, 0.6) is 0 Å². The Bertz CT molecular complexity index is 314. The molecule has 0 N–H and O–H groups in total. The summed E-state index contributed by atoms with van der Waals surface area (Å²) in [5, 5.41) is 0. The molecule has 0 heterocycles. The van der Waals surface area contributed by atoms with Crippen molar-refractivity contribution in [3.8, 4) is 0 Å². The molecule has 2 heteroatoms. The Kier molecular flexibility index (Phi) is 2.74. The van der Waals surface area contributed by atoms with Gasteiger partial charge in [0.1, 0.15) is 0 Å². The maximum absolute atomic E-state index is 6.00. The molecular weight excluding hydrogens is 315 g/mol. The summed E-state index contributed by atoms with van der Waals surface area (Å²) in [6.07, 6.45) is 7.52. The Labute approximate surface area is 111 Å². The third-order valence-electron chi connectivity index (χ3n) is 6.84. The summed E-state index contributed by atoms with van der Waals surface area (Å²) < 4.78 is 6.82. The molecule has 4 rings (SSSR count). The third-order valence-corrected chi connectivity index (χ3v) is 17.7. The number of hydrogen-bond acceptors (Lipinski definition) is 1. The van der Waals surface area contributed by atoms with Crippen LogP contribution in [-0.4, -0.2) is 31.1 Å². The fourth-order valence-electron chi connectivity index (χ4n) is 5.44. The molecule has 98 valence electrons. The Hall–Kier alpha value is 0.759. The monoisotopic (exact) mass is 344 g/mol. The summed E-state index contributed by atoms with van der Waals surface area (Å²) in [5.74, 6) is 2.79. The number of methoxy groups -OCH3 is 1. The van der Waals surface area contributed by atoms with Crippen molar-refractivity contribution in [1.29, 1.82) is 0 Å². The first-order valence-corrected chi connectivity index (χ1v) is 17.3. The van der Waals surface area contributed by atoms with E-state index in [0.717, 1.165) is 21.2 Å². The molecule has 0 aliphatic heterocycles. The van der Waals surface area contributed by atoms with E-state index in [4.69, 9.17) is 4.74 Å². The van der Waals surface area contributed by atoms with Crippen molar-refractivity contribution in [2.24, 2.45) is 17.8 Å². The van der Waals surface area contributed by atoms with E-state index in [0.29, 0.717) is 0 Å². The van der Waals surface area contributed by atoms with Crippen molar-refractivity contribution in [1.82, 2.24) is 0 Å². The van der Waals surface area contributed by atoms with Crippen molar-refractivity contribution in [2.45, 2.75) is 62.9 Å². The standard InChI is InChI=1S/C12H19O.3CH3.Sn/c1-12(13-2)10-4-8-3-9(6-10)7-11(12)5-8;;;;/h8,10-11H,3-7H2,1-2H3;3*1H3;. The van der Waals surface area contributed by atoms with Gasteiger partial charge < -0.3 is 0 Å². The van der Waals surface area contributed by atoms with E-state index in [9.17, 15) is 0 Å². The summed E-state index contributed by atoms with van der Waals surface area (Å²) in [6.45, 7) is 2.41. The Morgan fingerprint density at radius 2 is 1.53 bits per heavy atom. The maximum atomic E-state index is 6.00. The normalized spacial score (nSPS) is 53.1. The Morgan fingerprint density at radius 3 is 1.94 bits per heavy atom. The van der Waals surface area contributed by atoms with Gasteiger partial charge in [0, 0.05) is 0 Å². The molecule has 0 aromatic heterocycles. The van der Waals surface area contributed by atoms with E-state index < -0.39 is 18.4 Å². The molecule has 4 bridgehead atoms. The van der Waals surface area contributed by atoms with Gasteiger partial charge in [-0.15, -0.1) is 0 Å². The molecule has 4 aliphatic carbocycles. The van der Waals surface area contributed by atoms with Gasteiger partial charge in [-0.3, -0.25) is 0 Å². The minimum absolute atomic E-state index is 0.220. The Balaban J connectivity index is 1.98. The van der Waals surface area contributed by atoms with Gasteiger partial charge in [-0.25, -0.2) is 0 Å². The van der Waals surface area contributed by atoms with Crippen molar-refractivity contribution >= 4 is 18.4 Å². The fourth-order valence-corrected chi connectivity index (χ4v) is 12.9. The van der Waals surface area contributed by atoms with Crippen molar-refractivity contribution in [3.05, 3.63) is 0 Å². The molecule has 0 saturated heterocycles. The van der Waals surface area contributed by atoms with Crippen molar-refractivity contribution in [2.75, 3.05) is 7.11 Å². The molecule has 0 amide bonds. The SMILES string of the molecule is COC1(C)C2CC3CC1C[C]([Sn]([CH3])([CH3])[CH3])(C3)C2. The van der Waals surface area contributed by atoms with Gasteiger partial charge in [0.2, 0.25) is 0 Å². The number of hydrogen-bond donors (Lipinski definition) is 0. The van der Waals surface area contributed by atoms with Crippen LogP contribution in [-0.2, 0) is 4.74 Å². The Morgan fingerprint density at radius 1 is 1.00 bits per heavy atom. The van der Waals surface area contributed by atoms with Gasteiger partial charge in [-0.05, 0) is 0 Å². The average Bonchev–Trinajstić information content (AvgIpc) is 2.23. The molecule has 0 spiro atoms. The van der Waals surface area contributed by atoms with Crippen molar-refractivity contribution < 1.29 is 4.74 Å².